The summed E-state index contributed by atoms with van der Waals surface area (Å²) in [6.45, 7) is 1.89. The maximum absolute atomic E-state index is 11.9. The predicted octanol–water partition coefficient (Wildman–Crippen LogP) is 1.87. The lowest BCUT2D eigenvalue weighted by Gasteiger charge is -2.33. The van der Waals surface area contributed by atoms with E-state index in [1.807, 2.05) is 19.1 Å². The number of halogens is 1. The molecule has 1 aromatic carbocycles. The average Bonchev–Trinajstić information content (AvgIpc) is 2.19. The van der Waals surface area contributed by atoms with Gasteiger partial charge in [0.2, 0.25) is 0 Å². The minimum atomic E-state index is -0.106. The third-order valence-corrected chi connectivity index (χ3v) is 3.45. The van der Waals surface area contributed by atoms with Gasteiger partial charge in [0.05, 0.1) is 10.6 Å². The molecule has 16 heavy (non-hydrogen) atoms. The fourth-order valence-corrected chi connectivity index (χ4v) is 2.08. The third kappa shape index (κ3) is 2.20. The molecule has 0 aliphatic heterocycles. The third-order valence-electron chi connectivity index (χ3n) is 2.95. The Morgan fingerprint density at radius 2 is 2.19 bits per heavy atom. The van der Waals surface area contributed by atoms with E-state index in [-0.39, 0.29) is 18.0 Å². The van der Waals surface area contributed by atoms with E-state index in [4.69, 9.17) is 17.3 Å². The highest BCUT2D eigenvalue weighted by molar-refractivity contribution is 6.34. The number of amides is 1. The van der Waals surface area contributed by atoms with Crippen molar-refractivity contribution < 1.29 is 4.79 Å². The summed E-state index contributed by atoms with van der Waals surface area (Å²) < 4.78 is 0. The maximum atomic E-state index is 11.9. The molecule has 0 heterocycles. The molecule has 3 N–H and O–H groups in total. The Balaban J connectivity index is 2.06. The van der Waals surface area contributed by atoms with Crippen LogP contribution in [0.2, 0.25) is 5.02 Å². The van der Waals surface area contributed by atoms with E-state index < -0.39 is 0 Å². The van der Waals surface area contributed by atoms with Crippen molar-refractivity contribution in [1.82, 2.24) is 5.32 Å². The number of nitrogens with two attached hydrogens (primary N) is 1. The van der Waals surface area contributed by atoms with Crippen molar-refractivity contribution >= 4 is 17.5 Å². The highest BCUT2D eigenvalue weighted by Crippen LogP contribution is 2.22. The van der Waals surface area contributed by atoms with E-state index in [0.717, 1.165) is 18.4 Å². The van der Waals surface area contributed by atoms with E-state index in [0.29, 0.717) is 10.6 Å². The monoisotopic (exact) mass is 238 g/mol. The smallest absolute Gasteiger partial charge is 0.253 e. The normalized spacial score (nSPS) is 23.7. The van der Waals surface area contributed by atoms with E-state index in [2.05, 4.69) is 5.32 Å². The molecule has 0 atom stereocenters. The van der Waals surface area contributed by atoms with Crippen molar-refractivity contribution in [1.29, 1.82) is 0 Å². The molecule has 0 unspecified atom stereocenters. The molecule has 0 radical (unpaired) electrons. The van der Waals surface area contributed by atoms with Crippen molar-refractivity contribution in [2.45, 2.75) is 31.8 Å². The van der Waals surface area contributed by atoms with Gasteiger partial charge in [0.1, 0.15) is 0 Å². The van der Waals surface area contributed by atoms with Gasteiger partial charge in [0, 0.05) is 12.1 Å². The topological polar surface area (TPSA) is 55.1 Å². The molecular formula is C12H15ClN2O. The van der Waals surface area contributed by atoms with Crippen LogP contribution >= 0.6 is 11.6 Å². The molecular weight excluding hydrogens is 224 g/mol. The number of hydrogen-bond acceptors (Lipinski definition) is 2. The zero-order valence-corrected chi connectivity index (χ0v) is 9.92. The largest absolute Gasteiger partial charge is 0.349 e. The Morgan fingerprint density at radius 3 is 2.81 bits per heavy atom. The molecule has 0 saturated heterocycles. The lowest BCUT2D eigenvalue weighted by atomic mass is 9.87. The summed E-state index contributed by atoms with van der Waals surface area (Å²) in [4.78, 5) is 11.9. The van der Waals surface area contributed by atoms with Crippen molar-refractivity contribution in [3.05, 3.63) is 34.3 Å². The van der Waals surface area contributed by atoms with Crippen molar-refractivity contribution in [3.63, 3.8) is 0 Å². The molecule has 1 aromatic rings. The molecule has 86 valence electrons. The van der Waals surface area contributed by atoms with Gasteiger partial charge in [0.25, 0.3) is 5.91 Å². The Hall–Kier alpha value is -1.06. The summed E-state index contributed by atoms with van der Waals surface area (Å²) >= 11 is 6.08. The second-order valence-electron chi connectivity index (χ2n) is 4.34. The highest BCUT2D eigenvalue weighted by atomic mass is 35.5. The van der Waals surface area contributed by atoms with Gasteiger partial charge in [-0.3, -0.25) is 4.79 Å². The lowest BCUT2D eigenvalue weighted by Crippen LogP contribution is -2.50. The Labute approximate surface area is 100.0 Å². The average molecular weight is 239 g/mol. The van der Waals surface area contributed by atoms with Gasteiger partial charge in [-0.05, 0) is 31.4 Å². The first-order valence-electron chi connectivity index (χ1n) is 5.39. The molecule has 1 aliphatic rings. The highest BCUT2D eigenvalue weighted by Gasteiger charge is 2.27. The van der Waals surface area contributed by atoms with Gasteiger partial charge in [-0.25, -0.2) is 0 Å². The fraction of sp³-hybridized carbons (Fsp3) is 0.417. The van der Waals surface area contributed by atoms with E-state index in [1.165, 1.54) is 0 Å². The van der Waals surface area contributed by atoms with E-state index in [9.17, 15) is 4.79 Å². The van der Waals surface area contributed by atoms with E-state index >= 15 is 0 Å². The molecule has 3 nitrogen and oxygen atoms in total. The van der Waals surface area contributed by atoms with Gasteiger partial charge < -0.3 is 11.1 Å². The van der Waals surface area contributed by atoms with E-state index in [1.54, 1.807) is 6.07 Å². The molecule has 2 rings (SSSR count). The quantitative estimate of drug-likeness (QED) is 0.827. The van der Waals surface area contributed by atoms with Crippen LogP contribution in [0.4, 0.5) is 0 Å². The van der Waals surface area contributed by atoms with Gasteiger partial charge in [-0.1, -0.05) is 23.7 Å². The van der Waals surface area contributed by atoms with Crippen LogP contribution in [-0.4, -0.2) is 18.0 Å². The van der Waals surface area contributed by atoms with Gasteiger partial charge in [-0.2, -0.15) is 0 Å². The Morgan fingerprint density at radius 1 is 1.50 bits per heavy atom. The Kier molecular flexibility index (Phi) is 3.17. The molecule has 1 fully saturated rings. The van der Waals surface area contributed by atoms with Crippen LogP contribution < -0.4 is 11.1 Å². The fourth-order valence-electron chi connectivity index (χ4n) is 1.87. The van der Waals surface area contributed by atoms with Crippen LogP contribution in [0.1, 0.15) is 28.8 Å². The maximum Gasteiger partial charge on any atom is 0.253 e. The van der Waals surface area contributed by atoms with Crippen LogP contribution in [-0.2, 0) is 0 Å². The molecule has 0 bridgehead atoms. The first-order chi connectivity index (χ1) is 7.58. The number of carbonyl (C=O) groups excluding carboxylic acids is 1. The van der Waals surface area contributed by atoms with Crippen LogP contribution in [0, 0.1) is 6.92 Å². The number of rotatable bonds is 2. The van der Waals surface area contributed by atoms with Crippen LogP contribution in [0.3, 0.4) is 0 Å². The summed E-state index contributed by atoms with van der Waals surface area (Å²) in [5.74, 6) is -0.106. The minimum absolute atomic E-state index is 0.106. The predicted molar refractivity (Wildman–Crippen MR) is 64.7 cm³/mol. The van der Waals surface area contributed by atoms with Crippen LogP contribution in [0.25, 0.3) is 0 Å². The lowest BCUT2D eigenvalue weighted by molar-refractivity contribution is 0.0910. The molecule has 0 spiro atoms. The van der Waals surface area contributed by atoms with Gasteiger partial charge >= 0.3 is 0 Å². The SMILES string of the molecule is Cc1cccc(C(=O)NC2CC(N)C2)c1Cl. The number of aryl methyl sites for hydroxylation is 1. The molecule has 1 aliphatic carbocycles. The van der Waals surface area contributed by atoms with Gasteiger partial charge in [0.15, 0.2) is 0 Å². The summed E-state index contributed by atoms with van der Waals surface area (Å²) in [6, 6.07) is 5.90. The number of hydrogen-bond donors (Lipinski definition) is 2. The molecule has 1 amide bonds. The second kappa shape index (κ2) is 4.44. The molecule has 1 saturated carbocycles. The Bertz CT molecular complexity index is 413. The molecule has 0 aromatic heterocycles. The summed E-state index contributed by atoms with van der Waals surface area (Å²) in [6.07, 6.45) is 1.71. The molecule has 4 heteroatoms. The standard InChI is InChI=1S/C12H15ClN2O/c1-7-3-2-4-10(11(7)13)12(16)15-9-5-8(14)6-9/h2-4,8-9H,5-6,14H2,1H3,(H,15,16). The number of carbonyl (C=O) groups is 1. The first-order valence-corrected chi connectivity index (χ1v) is 5.77. The zero-order chi connectivity index (χ0) is 11.7. The van der Waals surface area contributed by atoms with Gasteiger partial charge in [-0.15, -0.1) is 0 Å². The zero-order valence-electron chi connectivity index (χ0n) is 9.16. The van der Waals surface area contributed by atoms with Crippen LogP contribution in [0.5, 0.6) is 0 Å². The summed E-state index contributed by atoms with van der Waals surface area (Å²) in [5.41, 5.74) is 7.12. The van der Waals surface area contributed by atoms with Crippen molar-refractivity contribution in [2.24, 2.45) is 5.73 Å². The first kappa shape index (κ1) is 11.4. The second-order valence-corrected chi connectivity index (χ2v) is 4.72. The minimum Gasteiger partial charge on any atom is -0.349 e. The summed E-state index contributed by atoms with van der Waals surface area (Å²) in [5, 5.41) is 3.46. The van der Waals surface area contributed by atoms with Crippen molar-refractivity contribution in [3.8, 4) is 0 Å². The number of nitrogens with one attached hydrogen (secondary N) is 1. The summed E-state index contributed by atoms with van der Waals surface area (Å²) in [7, 11) is 0. The number of benzene rings is 1. The van der Waals surface area contributed by atoms with Crippen LogP contribution in [0.15, 0.2) is 18.2 Å². The van der Waals surface area contributed by atoms with Crippen molar-refractivity contribution in [2.75, 3.05) is 0 Å².